The molecule has 1 amide bonds. The van der Waals surface area contributed by atoms with E-state index in [4.69, 9.17) is 5.11 Å². The highest BCUT2D eigenvalue weighted by atomic mass is 16.4. The van der Waals surface area contributed by atoms with Gasteiger partial charge in [0.05, 0.1) is 5.92 Å². The molecule has 0 bridgehead atoms. The minimum absolute atomic E-state index is 0.138. The van der Waals surface area contributed by atoms with Gasteiger partial charge in [0, 0.05) is 19.0 Å². The second kappa shape index (κ2) is 5.52. The Bertz CT molecular complexity index is 297. The molecule has 0 aromatic heterocycles. The van der Waals surface area contributed by atoms with Crippen molar-refractivity contribution in [3.63, 3.8) is 0 Å². The minimum atomic E-state index is -0.845. The summed E-state index contributed by atoms with van der Waals surface area (Å²) in [5.74, 6) is -1.20. The van der Waals surface area contributed by atoms with Gasteiger partial charge in [-0.3, -0.25) is 9.59 Å². The molecule has 1 fully saturated rings. The van der Waals surface area contributed by atoms with E-state index in [9.17, 15) is 9.59 Å². The summed E-state index contributed by atoms with van der Waals surface area (Å²) in [5, 5.41) is 8.85. The van der Waals surface area contributed by atoms with Crippen LogP contribution in [0.3, 0.4) is 0 Å². The Balaban J connectivity index is 2.59. The van der Waals surface area contributed by atoms with Crippen molar-refractivity contribution in [1.29, 1.82) is 0 Å². The molecule has 1 rings (SSSR count). The second-order valence-corrected chi connectivity index (χ2v) is 5.31. The molecule has 98 valence electrons. The van der Waals surface area contributed by atoms with Crippen molar-refractivity contribution in [2.75, 3.05) is 13.6 Å². The van der Waals surface area contributed by atoms with Crippen LogP contribution in [0.4, 0.5) is 0 Å². The molecule has 1 N–H and O–H groups in total. The Kier molecular flexibility index (Phi) is 4.54. The molecule has 1 unspecified atom stereocenters. The number of carbonyl (C=O) groups is 2. The number of rotatable bonds is 6. The summed E-state index contributed by atoms with van der Waals surface area (Å²) in [6.45, 7) is 4.03. The molecule has 1 aliphatic carbocycles. The Labute approximate surface area is 103 Å². The Morgan fingerprint density at radius 1 is 1.41 bits per heavy atom. The van der Waals surface area contributed by atoms with Crippen LogP contribution in [0.2, 0.25) is 0 Å². The normalized spacial score (nSPS) is 19.2. The lowest BCUT2D eigenvalue weighted by Crippen LogP contribution is -2.48. The number of aliphatic carboxylic acids is 1. The van der Waals surface area contributed by atoms with Crippen LogP contribution in [0.15, 0.2) is 0 Å². The lowest BCUT2D eigenvalue weighted by molar-refractivity contribution is -0.149. The standard InChI is InChI=1S/C13H23NO3/c1-4-6-13(7-5-8-13)12(17)14(3)9-10(2)11(15)16/h10H,4-9H2,1-3H3,(H,15,16). The average Bonchev–Trinajstić information content (AvgIpc) is 2.22. The quantitative estimate of drug-likeness (QED) is 0.775. The van der Waals surface area contributed by atoms with E-state index in [-0.39, 0.29) is 11.3 Å². The van der Waals surface area contributed by atoms with E-state index in [0.717, 1.165) is 32.1 Å². The third-order valence-corrected chi connectivity index (χ3v) is 3.81. The smallest absolute Gasteiger partial charge is 0.308 e. The van der Waals surface area contributed by atoms with Crippen LogP contribution in [-0.2, 0) is 9.59 Å². The summed E-state index contributed by atoms with van der Waals surface area (Å²) >= 11 is 0. The van der Waals surface area contributed by atoms with Crippen molar-refractivity contribution in [3.8, 4) is 0 Å². The Morgan fingerprint density at radius 3 is 2.35 bits per heavy atom. The van der Waals surface area contributed by atoms with Gasteiger partial charge in [0.15, 0.2) is 0 Å². The zero-order valence-corrected chi connectivity index (χ0v) is 11.0. The van der Waals surface area contributed by atoms with E-state index in [1.807, 2.05) is 0 Å². The van der Waals surface area contributed by atoms with E-state index in [0.29, 0.717) is 6.54 Å². The van der Waals surface area contributed by atoms with Crippen molar-refractivity contribution >= 4 is 11.9 Å². The zero-order valence-electron chi connectivity index (χ0n) is 11.0. The highest BCUT2D eigenvalue weighted by Gasteiger charge is 2.44. The molecule has 0 heterocycles. The molecule has 1 atom stereocenters. The van der Waals surface area contributed by atoms with E-state index in [2.05, 4.69) is 6.92 Å². The molecule has 1 saturated carbocycles. The monoisotopic (exact) mass is 241 g/mol. The van der Waals surface area contributed by atoms with Gasteiger partial charge >= 0.3 is 5.97 Å². The van der Waals surface area contributed by atoms with Gasteiger partial charge in [-0.2, -0.15) is 0 Å². The van der Waals surface area contributed by atoms with E-state index >= 15 is 0 Å². The van der Waals surface area contributed by atoms with Gasteiger partial charge in [-0.25, -0.2) is 0 Å². The van der Waals surface area contributed by atoms with E-state index < -0.39 is 11.9 Å². The van der Waals surface area contributed by atoms with Crippen molar-refractivity contribution in [2.24, 2.45) is 11.3 Å². The van der Waals surface area contributed by atoms with Gasteiger partial charge in [0.1, 0.15) is 0 Å². The van der Waals surface area contributed by atoms with Crippen LogP contribution in [0.1, 0.15) is 46.0 Å². The molecule has 0 radical (unpaired) electrons. The maximum atomic E-state index is 12.3. The predicted molar refractivity (Wildman–Crippen MR) is 65.6 cm³/mol. The Hall–Kier alpha value is -1.06. The van der Waals surface area contributed by atoms with Gasteiger partial charge in [0.25, 0.3) is 0 Å². The number of nitrogens with zero attached hydrogens (tertiary/aromatic N) is 1. The number of carbonyl (C=O) groups excluding carboxylic acids is 1. The molecule has 0 aliphatic heterocycles. The third-order valence-electron chi connectivity index (χ3n) is 3.81. The molecule has 4 heteroatoms. The summed E-state index contributed by atoms with van der Waals surface area (Å²) < 4.78 is 0. The molecule has 1 aliphatic rings. The first-order chi connectivity index (χ1) is 7.93. The summed E-state index contributed by atoms with van der Waals surface area (Å²) in [4.78, 5) is 24.7. The fourth-order valence-electron chi connectivity index (χ4n) is 2.63. The van der Waals surface area contributed by atoms with E-state index in [1.165, 1.54) is 0 Å². The van der Waals surface area contributed by atoms with Crippen molar-refractivity contribution in [1.82, 2.24) is 4.90 Å². The van der Waals surface area contributed by atoms with Crippen LogP contribution in [0, 0.1) is 11.3 Å². The summed E-state index contributed by atoms with van der Waals surface area (Å²) in [6.07, 6.45) is 4.98. The van der Waals surface area contributed by atoms with Gasteiger partial charge in [-0.15, -0.1) is 0 Å². The van der Waals surface area contributed by atoms with E-state index in [1.54, 1.807) is 18.9 Å². The molecule has 0 aromatic carbocycles. The molecule has 4 nitrogen and oxygen atoms in total. The lowest BCUT2D eigenvalue weighted by atomic mass is 9.65. The first-order valence-corrected chi connectivity index (χ1v) is 6.41. The SMILES string of the molecule is CCCC1(C(=O)N(C)CC(C)C(=O)O)CCC1. The number of amides is 1. The lowest BCUT2D eigenvalue weighted by Gasteiger charge is -2.43. The van der Waals surface area contributed by atoms with Gasteiger partial charge in [-0.05, 0) is 19.3 Å². The van der Waals surface area contributed by atoms with Crippen molar-refractivity contribution < 1.29 is 14.7 Å². The van der Waals surface area contributed by atoms with Gasteiger partial charge in [-0.1, -0.05) is 26.7 Å². The molecule has 17 heavy (non-hydrogen) atoms. The summed E-state index contributed by atoms with van der Waals surface area (Å²) in [6, 6.07) is 0. The third kappa shape index (κ3) is 2.99. The van der Waals surface area contributed by atoms with Crippen LogP contribution in [-0.4, -0.2) is 35.5 Å². The van der Waals surface area contributed by atoms with Crippen LogP contribution >= 0.6 is 0 Å². The number of hydrogen-bond donors (Lipinski definition) is 1. The fraction of sp³-hybridized carbons (Fsp3) is 0.846. The second-order valence-electron chi connectivity index (χ2n) is 5.31. The van der Waals surface area contributed by atoms with Gasteiger partial charge < -0.3 is 10.0 Å². The highest BCUT2D eigenvalue weighted by molar-refractivity contribution is 5.84. The maximum Gasteiger partial charge on any atom is 0.308 e. The van der Waals surface area contributed by atoms with Crippen molar-refractivity contribution in [3.05, 3.63) is 0 Å². The molecule has 0 spiro atoms. The zero-order chi connectivity index (χ0) is 13.1. The summed E-state index contributed by atoms with van der Waals surface area (Å²) in [5.41, 5.74) is -0.179. The van der Waals surface area contributed by atoms with Crippen LogP contribution in [0.5, 0.6) is 0 Å². The fourth-order valence-corrected chi connectivity index (χ4v) is 2.63. The topological polar surface area (TPSA) is 57.6 Å². The first kappa shape index (κ1) is 14.0. The van der Waals surface area contributed by atoms with Crippen LogP contribution < -0.4 is 0 Å². The number of hydrogen-bond acceptors (Lipinski definition) is 2. The molecular formula is C13H23NO3. The average molecular weight is 241 g/mol. The van der Waals surface area contributed by atoms with Crippen LogP contribution in [0.25, 0.3) is 0 Å². The molecule has 0 aromatic rings. The number of carboxylic acid groups (broad SMARTS) is 1. The highest BCUT2D eigenvalue weighted by Crippen LogP contribution is 2.46. The van der Waals surface area contributed by atoms with Gasteiger partial charge in [0.2, 0.25) is 5.91 Å². The van der Waals surface area contributed by atoms with Crippen molar-refractivity contribution in [2.45, 2.75) is 46.0 Å². The largest absolute Gasteiger partial charge is 0.481 e. The summed E-state index contributed by atoms with van der Waals surface area (Å²) in [7, 11) is 1.72. The molecular weight excluding hydrogens is 218 g/mol. The predicted octanol–water partition coefficient (Wildman–Crippen LogP) is 2.14. The Morgan fingerprint density at radius 2 is 2.00 bits per heavy atom. The number of carboxylic acids is 1. The molecule has 0 saturated heterocycles. The maximum absolute atomic E-state index is 12.3. The minimum Gasteiger partial charge on any atom is -0.481 e. The first-order valence-electron chi connectivity index (χ1n) is 6.41.